The first kappa shape index (κ1) is 12.5. The molecule has 2 rings (SSSR count). The minimum Gasteiger partial charge on any atom is -0.473 e. The molecule has 18 heavy (non-hydrogen) atoms. The molecule has 6 heteroatoms. The van der Waals surface area contributed by atoms with Gasteiger partial charge in [0.15, 0.2) is 0 Å². The van der Waals surface area contributed by atoms with E-state index in [9.17, 15) is 4.39 Å². The summed E-state index contributed by atoms with van der Waals surface area (Å²) in [5.74, 6) is -0.0494. The van der Waals surface area contributed by atoms with Gasteiger partial charge in [-0.15, -0.1) is 0 Å². The zero-order chi connectivity index (χ0) is 13.0. The normalized spacial score (nSPS) is 10.3. The number of halogens is 1. The Morgan fingerprint density at radius 3 is 2.89 bits per heavy atom. The van der Waals surface area contributed by atoms with Gasteiger partial charge in [-0.1, -0.05) is 12.1 Å². The van der Waals surface area contributed by atoms with Gasteiger partial charge in [-0.05, 0) is 11.7 Å². The minimum absolute atomic E-state index is 0.0418. The van der Waals surface area contributed by atoms with E-state index in [0.29, 0.717) is 22.7 Å². The van der Waals surface area contributed by atoms with Gasteiger partial charge in [0.2, 0.25) is 5.88 Å². The van der Waals surface area contributed by atoms with Crippen molar-refractivity contribution in [1.82, 2.24) is 9.97 Å². The van der Waals surface area contributed by atoms with Crippen LogP contribution in [-0.4, -0.2) is 17.8 Å². The van der Waals surface area contributed by atoms with Gasteiger partial charge >= 0.3 is 0 Å². The summed E-state index contributed by atoms with van der Waals surface area (Å²) in [5.41, 5.74) is 6.56. The number of rotatable bonds is 4. The molecule has 0 fully saturated rings. The molecule has 0 bridgehead atoms. The van der Waals surface area contributed by atoms with Gasteiger partial charge < -0.3 is 10.5 Å². The second kappa shape index (κ2) is 5.60. The largest absolute Gasteiger partial charge is 0.473 e. The van der Waals surface area contributed by atoms with Crippen LogP contribution >= 0.6 is 0 Å². The molecule has 0 aromatic carbocycles. The van der Waals surface area contributed by atoms with Gasteiger partial charge in [0.05, 0.1) is 5.69 Å². The molecule has 4 nitrogen and oxygen atoms in total. The van der Waals surface area contributed by atoms with Crippen LogP contribution in [0.25, 0.3) is 0 Å². The Labute approximate surface area is 105 Å². The zero-order valence-corrected chi connectivity index (χ0v) is 9.64. The Morgan fingerprint density at radius 2 is 2.22 bits per heavy atom. The molecule has 2 N–H and O–H groups in total. The van der Waals surface area contributed by atoms with Gasteiger partial charge in [0, 0.05) is 24.4 Å². The second-order valence-electron chi connectivity index (χ2n) is 3.66. The molecular formula is C12H11BFN3O. The summed E-state index contributed by atoms with van der Waals surface area (Å²) >= 11 is 0. The third-order valence-electron chi connectivity index (χ3n) is 2.32. The highest BCUT2D eigenvalue weighted by Gasteiger charge is 2.05. The zero-order valence-electron chi connectivity index (χ0n) is 9.64. The van der Waals surface area contributed by atoms with E-state index < -0.39 is 5.82 Å². The molecule has 0 unspecified atom stereocenters. The maximum atomic E-state index is 13.6. The summed E-state index contributed by atoms with van der Waals surface area (Å²) < 4.78 is 18.9. The number of pyridine rings is 2. The summed E-state index contributed by atoms with van der Waals surface area (Å²) in [6.45, 7) is 0.245. The molecule has 0 amide bonds. The van der Waals surface area contributed by atoms with Crippen LogP contribution in [0.1, 0.15) is 11.3 Å². The quantitative estimate of drug-likeness (QED) is 0.792. The first-order valence-electron chi connectivity index (χ1n) is 5.37. The van der Waals surface area contributed by atoms with Crippen molar-refractivity contribution < 1.29 is 9.13 Å². The Bertz CT molecular complexity index is 551. The Balaban J connectivity index is 2.06. The van der Waals surface area contributed by atoms with Crippen molar-refractivity contribution >= 4 is 13.4 Å². The lowest BCUT2D eigenvalue weighted by molar-refractivity contribution is 0.288. The topological polar surface area (TPSA) is 61.0 Å². The van der Waals surface area contributed by atoms with Crippen LogP contribution < -0.4 is 16.1 Å². The maximum absolute atomic E-state index is 13.6. The van der Waals surface area contributed by atoms with E-state index in [1.807, 2.05) is 0 Å². The molecule has 0 spiro atoms. The molecule has 90 valence electrons. The van der Waals surface area contributed by atoms with Crippen LogP contribution in [0.3, 0.4) is 0 Å². The number of aromatic nitrogens is 2. The van der Waals surface area contributed by atoms with Crippen molar-refractivity contribution in [3.8, 4) is 5.88 Å². The fourth-order valence-electron chi connectivity index (χ4n) is 1.38. The van der Waals surface area contributed by atoms with E-state index in [1.165, 1.54) is 12.3 Å². The SMILES string of the molecule is [B]c1cccc(OCc2cnc(CN)cc2F)n1. The molecular weight excluding hydrogens is 232 g/mol. The van der Waals surface area contributed by atoms with Crippen LogP contribution in [-0.2, 0) is 13.2 Å². The lowest BCUT2D eigenvalue weighted by Gasteiger charge is -2.07. The van der Waals surface area contributed by atoms with Crippen molar-refractivity contribution in [2.75, 3.05) is 0 Å². The second-order valence-corrected chi connectivity index (χ2v) is 3.66. The first-order valence-corrected chi connectivity index (χ1v) is 5.37. The molecule has 0 aliphatic carbocycles. The third-order valence-corrected chi connectivity index (χ3v) is 2.32. The predicted molar refractivity (Wildman–Crippen MR) is 66.0 cm³/mol. The van der Waals surface area contributed by atoms with E-state index in [2.05, 4.69) is 9.97 Å². The predicted octanol–water partition coefficient (Wildman–Crippen LogP) is 0.447. The van der Waals surface area contributed by atoms with E-state index in [0.717, 1.165) is 0 Å². The van der Waals surface area contributed by atoms with Crippen molar-refractivity contribution in [1.29, 1.82) is 0 Å². The molecule has 2 aromatic heterocycles. The summed E-state index contributed by atoms with van der Waals surface area (Å²) in [4.78, 5) is 7.94. The minimum atomic E-state index is -0.394. The first-order chi connectivity index (χ1) is 8.69. The lowest BCUT2D eigenvalue weighted by Crippen LogP contribution is -2.10. The molecule has 0 aliphatic heterocycles. The van der Waals surface area contributed by atoms with Crippen LogP contribution in [0.2, 0.25) is 0 Å². The number of nitrogens with zero attached hydrogens (tertiary/aromatic N) is 2. The summed E-state index contributed by atoms with van der Waals surface area (Å²) in [6, 6.07) is 6.30. The lowest BCUT2D eigenvalue weighted by atomic mass is 10.0. The van der Waals surface area contributed by atoms with Crippen molar-refractivity contribution in [2.45, 2.75) is 13.2 Å². The van der Waals surface area contributed by atoms with Crippen LogP contribution in [0, 0.1) is 5.82 Å². The molecule has 0 saturated heterocycles. The van der Waals surface area contributed by atoms with Gasteiger partial charge in [-0.25, -0.2) is 9.37 Å². The Hall–Kier alpha value is -1.95. The van der Waals surface area contributed by atoms with Crippen molar-refractivity contribution in [3.05, 3.63) is 47.5 Å². The molecule has 0 atom stereocenters. The molecule has 2 aromatic rings. The van der Waals surface area contributed by atoms with Gasteiger partial charge in [-0.3, -0.25) is 4.98 Å². The fourth-order valence-corrected chi connectivity index (χ4v) is 1.38. The Morgan fingerprint density at radius 1 is 1.39 bits per heavy atom. The third kappa shape index (κ3) is 3.04. The highest BCUT2D eigenvalue weighted by Crippen LogP contribution is 2.11. The standard InChI is InChI=1S/C12H11BFN3O/c13-11-2-1-3-12(17-11)18-7-8-6-16-9(5-15)4-10(8)14/h1-4,6H,5,7,15H2. The average molecular weight is 243 g/mol. The average Bonchev–Trinajstić information content (AvgIpc) is 2.37. The van der Waals surface area contributed by atoms with Crippen molar-refractivity contribution in [3.63, 3.8) is 0 Å². The van der Waals surface area contributed by atoms with E-state index >= 15 is 0 Å². The smallest absolute Gasteiger partial charge is 0.212 e. The maximum Gasteiger partial charge on any atom is 0.212 e. The van der Waals surface area contributed by atoms with Crippen LogP contribution in [0.4, 0.5) is 4.39 Å². The molecule has 0 aliphatic rings. The Kier molecular flexibility index (Phi) is 3.89. The van der Waals surface area contributed by atoms with Crippen LogP contribution in [0.15, 0.2) is 30.5 Å². The van der Waals surface area contributed by atoms with E-state index in [-0.39, 0.29) is 13.2 Å². The van der Waals surface area contributed by atoms with E-state index in [4.69, 9.17) is 18.3 Å². The monoisotopic (exact) mass is 243 g/mol. The number of ether oxygens (including phenoxy) is 1. The van der Waals surface area contributed by atoms with Gasteiger partial charge in [0.1, 0.15) is 20.3 Å². The van der Waals surface area contributed by atoms with Crippen LogP contribution in [0.5, 0.6) is 5.88 Å². The molecule has 2 radical (unpaired) electrons. The molecule has 0 saturated carbocycles. The molecule has 2 heterocycles. The number of hydrogen-bond acceptors (Lipinski definition) is 4. The fraction of sp³-hybridized carbons (Fsp3) is 0.167. The summed E-state index contributed by atoms with van der Waals surface area (Å²) in [6.07, 6.45) is 1.41. The van der Waals surface area contributed by atoms with Crippen molar-refractivity contribution in [2.24, 2.45) is 5.73 Å². The number of hydrogen-bond donors (Lipinski definition) is 1. The number of nitrogens with two attached hydrogens (primary N) is 1. The summed E-state index contributed by atoms with van der Waals surface area (Å²) in [7, 11) is 5.50. The van der Waals surface area contributed by atoms with E-state index in [1.54, 1.807) is 18.2 Å². The van der Waals surface area contributed by atoms with Gasteiger partial charge in [-0.2, -0.15) is 0 Å². The highest BCUT2D eigenvalue weighted by atomic mass is 19.1. The summed E-state index contributed by atoms with van der Waals surface area (Å²) in [5, 5.41) is 0. The highest BCUT2D eigenvalue weighted by molar-refractivity contribution is 6.30. The van der Waals surface area contributed by atoms with Gasteiger partial charge in [0.25, 0.3) is 0 Å².